The van der Waals surface area contributed by atoms with Crippen molar-refractivity contribution in [1.29, 1.82) is 0 Å². The summed E-state index contributed by atoms with van der Waals surface area (Å²) in [6.45, 7) is 1.91. The average molecular weight is 463 g/mol. The van der Waals surface area contributed by atoms with Gasteiger partial charge in [-0.05, 0) is 62.4 Å². The number of ether oxygens (including phenoxy) is 1. The van der Waals surface area contributed by atoms with Crippen LogP contribution in [-0.2, 0) is 37.2 Å². The van der Waals surface area contributed by atoms with E-state index in [0.717, 1.165) is 34.6 Å². The molecule has 1 N–H and O–H groups in total. The van der Waals surface area contributed by atoms with Crippen LogP contribution in [0.3, 0.4) is 0 Å². The fraction of sp³-hybridized carbons (Fsp3) is 0.381. The van der Waals surface area contributed by atoms with E-state index in [1.807, 2.05) is 0 Å². The van der Waals surface area contributed by atoms with Crippen LogP contribution in [0.15, 0.2) is 29.2 Å². The first-order valence-corrected chi connectivity index (χ1v) is 12.4. The number of esters is 1. The molecule has 2 aliphatic rings. The number of amides is 2. The first kappa shape index (κ1) is 21.5. The Labute approximate surface area is 184 Å². The molecule has 0 saturated carbocycles. The molecular weight excluding hydrogens is 440 g/mol. The molecule has 1 aromatic carbocycles. The smallest absolute Gasteiger partial charge is 0.341 e. The number of hydrogen-bond donors (Lipinski definition) is 1. The minimum Gasteiger partial charge on any atom is -0.462 e. The molecule has 8 nitrogen and oxygen atoms in total. The number of imide groups is 1. The summed E-state index contributed by atoms with van der Waals surface area (Å²) in [6.07, 6.45) is 3.77. The number of sulfonamides is 1. The molecule has 0 unspecified atom stereocenters. The number of rotatable bonds is 6. The van der Waals surface area contributed by atoms with E-state index in [1.54, 1.807) is 6.92 Å². The number of thiophene rings is 1. The van der Waals surface area contributed by atoms with Gasteiger partial charge < -0.3 is 4.74 Å². The lowest BCUT2D eigenvalue weighted by Crippen LogP contribution is -2.28. The number of aryl methyl sites for hydroxylation is 1. The first-order chi connectivity index (χ1) is 14.8. The zero-order valence-electron chi connectivity index (χ0n) is 17.0. The van der Waals surface area contributed by atoms with Gasteiger partial charge >= 0.3 is 5.97 Å². The third-order valence-electron chi connectivity index (χ3n) is 5.33. The van der Waals surface area contributed by atoms with Crippen LogP contribution in [0.5, 0.6) is 0 Å². The highest BCUT2D eigenvalue weighted by Gasteiger charge is 2.31. The minimum atomic E-state index is -3.99. The third-order valence-corrected chi connectivity index (χ3v) is 8.04. The fourth-order valence-corrected chi connectivity index (χ4v) is 6.46. The van der Waals surface area contributed by atoms with Crippen molar-refractivity contribution >= 4 is 49.8 Å². The summed E-state index contributed by atoms with van der Waals surface area (Å²) in [5, 5.41) is 0.263. The molecule has 31 heavy (non-hydrogen) atoms. The number of hydrogen-bond acceptors (Lipinski definition) is 7. The van der Waals surface area contributed by atoms with Gasteiger partial charge in [-0.25, -0.2) is 13.2 Å². The average Bonchev–Trinajstić information content (AvgIpc) is 3.26. The van der Waals surface area contributed by atoms with E-state index in [-0.39, 0.29) is 41.2 Å². The number of anilines is 2. The van der Waals surface area contributed by atoms with Crippen LogP contribution in [0.2, 0.25) is 0 Å². The van der Waals surface area contributed by atoms with E-state index < -0.39 is 16.0 Å². The summed E-state index contributed by atoms with van der Waals surface area (Å²) >= 11 is 1.27. The van der Waals surface area contributed by atoms with Crippen LogP contribution < -0.4 is 9.62 Å². The number of carbonyl (C=O) groups is 3. The Morgan fingerprint density at radius 3 is 2.35 bits per heavy atom. The normalized spacial score (nSPS) is 16.4. The molecule has 164 valence electrons. The molecule has 0 spiro atoms. The van der Waals surface area contributed by atoms with E-state index in [2.05, 4.69) is 4.72 Å². The molecule has 0 atom stereocenters. The summed E-state index contributed by atoms with van der Waals surface area (Å²) in [5.74, 6) is -1.13. The molecule has 0 bridgehead atoms. The Bertz CT molecular complexity index is 1140. The van der Waals surface area contributed by atoms with Gasteiger partial charge in [0.05, 0.1) is 22.8 Å². The van der Waals surface area contributed by atoms with Crippen molar-refractivity contribution in [3.8, 4) is 0 Å². The van der Waals surface area contributed by atoms with Gasteiger partial charge in [-0.1, -0.05) is 0 Å². The second-order valence-electron chi connectivity index (χ2n) is 7.36. The topological polar surface area (TPSA) is 110 Å². The predicted molar refractivity (Wildman–Crippen MR) is 116 cm³/mol. The maximum Gasteiger partial charge on any atom is 0.341 e. The molecule has 2 heterocycles. The highest BCUT2D eigenvalue weighted by Crippen LogP contribution is 2.39. The SMILES string of the molecule is CCOC(=O)c1c(NS(=O)(=O)c2ccc(N3C(=O)CCC3=O)cc2)sc2c1CCCC2. The summed E-state index contributed by atoms with van der Waals surface area (Å²) in [5.41, 5.74) is 1.51. The summed E-state index contributed by atoms with van der Waals surface area (Å²) < 4.78 is 33.7. The van der Waals surface area contributed by atoms with Crippen molar-refractivity contribution < 1.29 is 27.5 Å². The molecule has 1 saturated heterocycles. The van der Waals surface area contributed by atoms with Crippen LogP contribution in [-0.4, -0.2) is 32.8 Å². The van der Waals surface area contributed by atoms with E-state index in [0.29, 0.717) is 17.7 Å². The van der Waals surface area contributed by atoms with Crippen molar-refractivity contribution in [2.45, 2.75) is 50.3 Å². The van der Waals surface area contributed by atoms with Crippen molar-refractivity contribution in [3.63, 3.8) is 0 Å². The van der Waals surface area contributed by atoms with Gasteiger partial charge in [0, 0.05) is 17.7 Å². The maximum atomic E-state index is 13.0. The van der Waals surface area contributed by atoms with Gasteiger partial charge in [-0.3, -0.25) is 19.2 Å². The number of fused-ring (bicyclic) bond motifs is 1. The lowest BCUT2D eigenvalue weighted by atomic mass is 9.95. The second-order valence-corrected chi connectivity index (χ2v) is 10.1. The highest BCUT2D eigenvalue weighted by molar-refractivity contribution is 7.93. The van der Waals surface area contributed by atoms with E-state index in [9.17, 15) is 22.8 Å². The number of nitrogens with zero attached hydrogens (tertiary/aromatic N) is 1. The summed E-state index contributed by atoms with van der Waals surface area (Å²) in [7, 11) is -3.99. The fourth-order valence-electron chi connectivity index (χ4n) is 3.88. The largest absolute Gasteiger partial charge is 0.462 e. The minimum absolute atomic E-state index is 0.0310. The van der Waals surface area contributed by atoms with Gasteiger partial charge in [0.2, 0.25) is 11.8 Å². The Morgan fingerprint density at radius 1 is 1.06 bits per heavy atom. The first-order valence-electron chi connectivity index (χ1n) is 10.1. The number of nitrogens with one attached hydrogen (secondary N) is 1. The molecule has 1 aliphatic carbocycles. The van der Waals surface area contributed by atoms with E-state index in [1.165, 1.54) is 35.6 Å². The predicted octanol–water partition coefficient (Wildman–Crippen LogP) is 3.26. The molecule has 10 heteroatoms. The lowest BCUT2D eigenvalue weighted by molar-refractivity contribution is -0.121. The van der Waals surface area contributed by atoms with Crippen molar-refractivity contribution in [1.82, 2.24) is 0 Å². The zero-order chi connectivity index (χ0) is 22.2. The van der Waals surface area contributed by atoms with E-state index in [4.69, 9.17) is 4.74 Å². The van der Waals surface area contributed by atoms with Crippen molar-refractivity contribution in [3.05, 3.63) is 40.3 Å². The molecule has 1 fully saturated rings. The molecule has 1 aliphatic heterocycles. The van der Waals surface area contributed by atoms with Gasteiger partial charge in [0.25, 0.3) is 10.0 Å². The van der Waals surface area contributed by atoms with E-state index >= 15 is 0 Å². The van der Waals surface area contributed by atoms with Gasteiger partial charge in [-0.15, -0.1) is 11.3 Å². The quantitative estimate of drug-likeness (QED) is 0.521. The van der Waals surface area contributed by atoms with Gasteiger partial charge in [-0.2, -0.15) is 0 Å². The Morgan fingerprint density at radius 2 is 1.71 bits per heavy atom. The standard InChI is InChI=1S/C21H22N2O6S2/c1-2-29-21(26)19-15-5-3-4-6-16(15)30-20(19)22-31(27,28)14-9-7-13(8-10-14)23-17(24)11-12-18(23)25/h7-10,22H,2-6,11-12H2,1H3. The zero-order valence-corrected chi connectivity index (χ0v) is 18.6. The Hall–Kier alpha value is -2.72. The van der Waals surface area contributed by atoms with Crippen LogP contribution in [0, 0.1) is 0 Å². The molecule has 1 aromatic heterocycles. The number of benzene rings is 1. The monoisotopic (exact) mass is 462 g/mol. The van der Waals surface area contributed by atoms with Crippen molar-refractivity contribution in [2.24, 2.45) is 0 Å². The van der Waals surface area contributed by atoms with Crippen LogP contribution in [0.4, 0.5) is 10.7 Å². The maximum absolute atomic E-state index is 13.0. The second kappa shape index (κ2) is 8.43. The third kappa shape index (κ3) is 4.09. The van der Waals surface area contributed by atoms with Crippen LogP contribution >= 0.6 is 11.3 Å². The van der Waals surface area contributed by atoms with Gasteiger partial charge in [0.15, 0.2) is 0 Å². The molecular formula is C21H22N2O6S2. The Kier molecular flexibility index (Phi) is 5.85. The van der Waals surface area contributed by atoms with Crippen molar-refractivity contribution in [2.75, 3.05) is 16.2 Å². The summed E-state index contributed by atoms with van der Waals surface area (Å²) in [4.78, 5) is 38.4. The highest BCUT2D eigenvalue weighted by atomic mass is 32.2. The van der Waals surface area contributed by atoms with Crippen LogP contribution in [0.25, 0.3) is 0 Å². The molecule has 2 aromatic rings. The summed E-state index contributed by atoms with van der Waals surface area (Å²) in [6, 6.07) is 5.55. The molecule has 4 rings (SSSR count). The molecule has 0 radical (unpaired) electrons. The number of carbonyl (C=O) groups excluding carboxylic acids is 3. The van der Waals surface area contributed by atoms with Gasteiger partial charge in [0.1, 0.15) is 5.00 Å². The Balaban J connectivity index is 1.63. The molecule has 2 amide bonds. The van der Waals surface area contributed by atoms with Crippen LogP contribution in [0.1, 0.15) is 53.4 Å². The lowest BCUT2D eigenvalue weighted by Gasteiger charge is -2.15.